The van der Waals surface area contributed by atoms with Crippen LogP contribution in [0.4, 0.5) is 0 Å². The summed E-state index contributed by atoms with van der Waals surface area (Å²) in [6.45, 7) is 0.0997. The highest BCUT2D eigenvalue weighted by Gasteiger charge is 2.32. The molecule has 2 heterocycles. The Morgan fingerprint density at radius 3 is 2.84 bits per heavy atom. The number of aliphatic carboxylic acids is 1. The maximum Gasteiger partial charge on any atom is 0.305 e. The number of thiocarbonyl (C=S) groups is 1. The van der Waals surface area contributed by atoms with Crippen LogP contribution in [0.1, 0.15) is 11.3 Å². The molecule has 8 heteroatoms. The zero-order valence-electron chi connectivity index (χ0n) is 9.46. The molecule has 0 aliphatic carbocycles. The molecule has 4 nitrogen and oxygen atoms in total. The maximum atomic E-state index is 12.1. The van der Waals surface area contributed by atoms with Gasteiger partial charge in [-0.05, 0) is 18.2 Å². The second kappa shape index (κ2) is 6.04. The second-order valence-corrected chi connectivity index (χ2v) is 7.04. The molecule has 0 bridgehead atoms. The van der Waals surface area contributed by atoms with Crippen LogP contribution in [0.5, 0.6) is 0 Å². The number of amides is 1. The Labute approximate surface area is 128 Å². The lowest BCUT2D eigenvalue weighted by molar-refractivity contribution is -0.137. The first-order valence-corrected chi connectivity index (χ1v) is 7.62. The van der Waals surface area contributed by atoms with E-state index in [0.29, 0.717) is 13.6 Å². The summed E-state index contributed by atoms with van der Waals surface area (Å²) in [7, 11) is 0. The fourth-order valence-corrected chi connectivity index (χ4v) is 3.81. The summed E-state index contributed by atoms with van der Waals surface area (Å²) in [5, 5.41) is 8.63. The third-order valence-corrected chi connectivity index (χ3v) is 4.85. The maximum absolute atomic E-state index is 12.1. The van der Waals surface area contributed by atoms with Gasteiger partial charge in [0, 0.05) is 11.4 Å². The summed E-state index contributed by atoms with van der Waals surface area (Å²) in [6, 6.07) is 3.57. The molecule has 100 valence electrons. The lowest BCUT2D eigenvalue weighted by Gasteiger charge is -2.12. The first kappa shape index (κ1) is 14.5. The summed E-state index contributed by atoms with van der Waals surface area (Å²) in [6.07, 6.45) is 1.60. The van der Waals surface area contributed by atoms with Gasteiger partial charge in [0.15, 0.2) is 0 Å². The van der Waals surface area contributed by atoms with E-state index in [9.17, 15) is 9.59 Å². The molecule has 1 aliphatic rings. The van der Waals surface area contributed by atoms with Crippen LogP contribution in [0.15, 0.2) is 17.0 Å². The number of thioether (sulfide) groups is 1. The van der Waals surface area contributed by atoms with Crippen LogP contribution in [0.2, 0.25) is 4.34 Å². The van der Waals surface area contributed by atoms with Crippen molar-refractivity contribution in [3.05, 3.63) is 26.3 Å². The average molecular weight is 334 g/mol. The molecular weight excluding hydrogens is 326 g/mol. The van der Waals surface area contributed by atoms with Crippen LogP contribution in [-0.4, -0.2) is 32.7 Å². The molecule has 1 aromatic rings. The van der Waals surface area contributed by atoms with E-state index in [1.165, 1.54) is 28.0 Å². The predicted molar refractivity (Wildman–Crippen MR) is 81.5 cm³/mol. The molecule has 2 rings (SSSR count). The Kier molecular flexibility index (Phi) is 4.62. The molecule has 1 aromatic heterocycles. The standard InChI is InChI=1S/C11H8ClNO3S3/c12-8-2-1-6(18-8)5-7-10(16)13(11(17)19-7)4-3-9(14)15/h1-2,5H,3-4H2,(H,14,15)/b7-5-. The minimum Gasteiger partial charge on any atom is -0.481 e. The topological polar surface area (TPSA) is 57.6 Å². The molecule has 0 spiro atoms. The van der Waals surface area contributed by atoms with Crippen LogP contribution in [0.25, 0.3) is 6.08 Å². The highest BCUT2D eigenvalue weighted by Crippen LogP contribution is 2.34. The minimum atomic E-state index is -0.955. The van der Waals surface area contributed by atoms with Crippen molar-refractivity contribution >= 4 is 69.2 Å². The summed E-state index contributed by atoms with van der Waals surface area (Å²) in [4.78, 5) is 25.3. The number of nitrogens with zero attached hydrogens (tertiary/aromatic N) is 1. The zero-order chi connectivity index (χ0) is 14.0. The lowest BCUT2D eigenvalue weighted by atomic mass is 10.3. The molecule has 0 saturated carbocycles. The van der Waals surface area contributed by atoms with E-state index < -0.39 is 5.97 Å². The zero-order valence-corrected chi connectivity index (χ0v) is 12.7. The number of rotatable bonds is 4. The number of carbonyl (C=O) groups excluding carboxylic acids is 1. The van der Waals surface area contributed by atoms with Crippen molar-refractivity contribution in [3.8, 4) is 0 Å². The molecule has 1 fully saturated rings. The third-order valence-electron chi connectivity index (χ3n) is 2.29. The molecule has 0 radical (unpaired) electrons. The summed E-state index contributed by atoms with van der Waals surface area (Å²) >= 11 is 13.4. The van der Waals surface area contributed by atoms with E-state index in [2.05, 4.69) is 0 Å². The van der Waals surface area contributed by atoms with Crippen molar-refractivity contribution in [2.24, 2.45) is 0 Å². The number of halogens is 1. The third kappa shape index (κ3) is 3.56. The van der Waals surface area contributed by atoms with Gasteiger partial charge in [0.25, 0.3) is 5.91 Å². The van der Waals surface area contributed by atoms with Crippen LogP contribution in [-0.2, 0) is 9.59 Å². The molecule has 19 heavy (non-hydrogen) atoms. The Balaban J connectivity index is 2.13. The van der Waals surface area contributed by atoms with E-state index >= 15 is 0 Å². The van der Waals surface area contributed by atoms with Crippen LogP contribution < -0.4 is 0 Å². The van der Waals surface area contributed by atoms with Crippen molar-refractivity contribution in [1.29, 1.82) is 0 Å². The summed E-state index contributed by atoms with van der Waals surface area (Å²) < 4.78 is 1.03. The number of carbonyl (C=O) groups is 2. The van der Waals surface area contributed by atoms with E-state index in [4.69, 9.17) is 28.9 Å². The molecule has 0 unspecified atom stereocenters. The van der Waals surface area contributed by atoms with Gasteiger partial charge >= 0.3 is 5.97 Å². The van der Waals surface area contributed by atoms with Gasteiger partial charge in [-0.3, -0.25) is 14.5 Å². The number of carboxylic acid groups (broad SMARTS) is 1. The summed E-state index contributed by atoms with van der Waals surface area (Å²) in [5.41, 5.74) is 0. The fraction of sp³-hybridized carbons (Fsp3) is 0.182. The van der Waals surface area contributed by atoms with Gasteiger partial charge in [0.05, 0.1) is 15.7 Å². The Hall–Kier alpha value is -0.890. The highest BCUT2D eigenvalue weighted by atomic mass is 35.5. The van der Waals surface area contributed by atoms with Crippen LogP contribution >= 0.6 is 46.9 Å². The quantitative estimate of drug-likeness (QED) is 0.678. The Bertz CT molecular complexity index is 581. The van der Waals surface area contributed by atoms with Crippen molar-refractivity contribution < 1.29 is 14.7 Å². The minimum absolute atomic E-state index is 0.0997. The van der Waals surface area contributed by atoms with E-state index in [0.717, 1.165) is 4.88 Å². The molecule has 0 aromatic carbocycles. The lowest BCUT2D eigenvalue weighted by Crippen LogP contribution is -2.30. The van der Waals surface area contributed by atoms with E-state index in [1.807, 2.05) is 6.07 Å². The van der Waals surface area contributed by atoms with Gasteiger partial charge in [-0.1, -0.05) is 35.6 Å². The number of hydrogen-bond acceptors (Lipinski definition) is 5. The first-order chi connectivity index (χ1) is 8.97. The second-order valence-electron chi connectivity index (χ2n) is 3.62. The normalized spacial score (nSPS) is 17.5. The summed E-state index contributed by atoms with van der Waals surface area (Å²) in [5.74, 6) is -1.20. The van der Waals surface area contributed by atoms with E-state index in [1.54, 1.807) is 12.1 Å². The number of carboxylic acids is 1. The highest BCUT2D eigenvalue weighted by molar-refractivity contribution is 8.26. The van der Waals surface area contributed by atoms with Crippen molar-refractivity contribution in [1.82, 2.24) is 4.90 Å². The van der Waals surface area contributed by atoms with Crippen molar-refractivity contribution in [3.63, 3.8) is 0 Å². The smallest absolute Gasteiger partial charge is 0.305 e. The van der Waals surface area contributed by atoms with Gasteiger partial charge in [0.2, 0.25) is 0 Å². The van der Waals surface area contributed by atoms with Gasteiger partial charge in [-0.2, -0.15) is 0 Å². The predicted octanol–water partition coefficient (Wildman–Crippen LogP) is 3.08. The van der Waals surface area contributed by atoms with Crippen molar-refractivity contribution in [2.75, 3.05) is 6.54 Å². The molecular formula is C11H8ClNO3S3. The first-order valence-electron chi connectivity index (χ1n) is 5.20. The van der Waals surface area contributed by atoms with Gasteiger partial charge in [0.1, 0.15) is 4.32 Å². The van der Waals surface area contributed by atoms with E-state index in [-0.39, 0.29) is 18.9 Å². The van der Waals surface area contributed by atoms with Crippen LogP contribution in [0, 0.1) is 0 Å². The Morgan fingerprint density at radius 1 is 1.53 bits per heavy atom. The Morgan fingerprint density at radius 2 is 2.26 bits per heavy atom. The largest absolute Gasteiger partial charge is 0.481 e. The number of hydrogen-bond donors (Lipinski definition) is 1. The van der Waals surface area contributed by atoms with Crippen LogP contribution in [0.3, 0.4) is 0 Å². The molecule has 1 aliphatic heterocycles. The van der Waals surface area contributed by atoms with Gasteiger partial charge in [-0.25, -0.2) is 0 Å². The van der Waals surface area contributed by atoms with Gasteiger partial charge in [-0.15, -0.1) is 11.3 Å². The fourth-order valence-electron chi connectivity index (χ4n) is 1.44. The molecule has 1 saturated heterocycles. The van der Waals surface area contributed by atoms with Crippen molar-refractivity contribution in [2.45, 2.75) is 6.42 Å². The number of thiophene rings is 1. The molecule has 0 atom stereocenters. The monoisotopic (exact) mass is 333 g/mol. The molecule has 1 amide bonds. The van der Waals surface area contributed by atoms with Gasteiger partial charge < -0.3 is 5.11 Å². The SMILES string of the molecule is O=C(O)CCN1C(=O)/C(=C/c2ccc(Cl)s2)SC1=S. The average Bonchev–Trinajstić information content (AvgIpc) is 2.83. The molecule has 1 N–H and O–H groups in total.